The number of aliphatic hydroxyl groups is 1. The molecule has 2 atom stereocenters. The van der Waals surface area contributed by atoms with Gasteiger partial charge >= 0.3 is 5.97 Å². The summed E-state index contributed by atoms with van der Waals surface area (Å²) in [6.45, 7) is 6.27. The van der Waals surface area contributed by atoms with Crippen molar-refractivity contribution in [2.24, 2.45) is 11.3 Å². The molecule has 1 aliphatic carbocycles. The monoisotopic (exact) mass is 252 g/mol. The quantitative estimate of drug-likeness (QED) is 0.848. The van der Waals surface area contributed by atoms with Gasteiger partial charge in [0.15, 0.2) is 0 Å². The highest BCUT2D eigenvalue weighted by atomic mass is 16.4. The lowest BCUT2D eigenvalue weighted by molar-refractivity contribution is -0.0782. The van der Waals surface area contributed by atoms with Crippen molar-refractivity contribution in [2.45, 2.75) is 45.6 Å². The van der Waals surface area contributed by atoms with Gasteiger partial charge in [-0.15, -0.1) is 0 Å². The smallest absolute Gasteiger partial charge is 0.339 e. The van der Waals surface area contributed by atoms with Crippen LogP contribution in [0.15, 0.2) is 16.7 Å². The van der Waals surface area contributed by atoms with Gasteiger partial charge in [0.2, 0.25) is 0 Å². The first kappa shape index (κ1) is 13.1. The number of carboxylic acids is 1. The lowest BCUT2D eigenvalue weighted by atomic mass is 9.65. The van der Waals surface area contributed by atoms with E-state index in [-0.39, 0.29) is 16.7 Å². The third kappa shape index (κ3) is 2.29. The van der Waals surface area contributed by atoms with Crippen LogP contribution in [-0.2, 0) is 5.60 Å². The Morgan fingerprint density at radius 3 is 2.67 bits per heavy atom. The molecular weight excluding hydrogens is 232 g/mol. The second kappa shape index (κ2) is 4.12. The van der Waals surface area contributed by atoms with Crippen LogP contribution >= 0.6 is 0 Å². The van der Waals surface area contributed by atoms with E-state index in [1.165, 1.54) is 12.3 Å². The van der Waals surface area contributed by atoms with Gasteiger partial charge in [-0.2, -0.15) is 0 Å². The number of hydrogen-bond donors (Lipinski definition) is 2. The third-order valence-corrected chi connectivity index (χ3v) is 3.68. The molecule has 100 valence electrons. The van der Waals surface area contributed by atoms with Crippen molar-refractivity contribution in [1.82, 2.24) is 0 Å². The van der Waals surface area contributed by atoms with Crippen molar-refractivity contribution in [3.05, 3.63) is 23.7 Å². The van der Waals surface area contributed by atoms with Gasteiger partial charge in [0.25, 0.3) is 0 Å². The molecule has 1 aromatic rings. The second-order valence-corrected chi connectivity index (χ2v) is 6.35. The fraction of sp³-hybridized carbons (Fsp3) is 0.643. The molecule has 2 unspecified atom stereocenters. The van der Waals surface area contributed by atoms with E-state index in [0.29, 0.717) is 18.8 Å². The molecule has 4 nitrogen and oxygen atoms in total. The van der Waals surface area contributed by atoms with E-state index in [1.54, 1.807) is 0 Å². The summed E-state index contributed by atoms with van der Waals surface area (Å²) < 4.78 is 5.28. The van der Waals surface area contributed by atoms with Crippen LogP contribution in [0.3, 0.4) is 0 Å². The second-order valence-electron chi connectivity index (χ2n) is 6.35. The van der Waals surface area contributed by atoms with Crippen LogP contribution in [0.2, 0.25) is 0 Å². The molecule has 0 saturated heterocycles. The zero-order valence-electron chi connectivity index (χ0n) is 11.1. The van der Waals surface area contributed by atoms with Crippen molar-refractivity contribution in [1.29, 1.82) is 0 Å². The maximum atomic E-state index is 11.1. The fourth-order valence-electron chi connectivity index (χ4n) is 3.54. The summed E-state index contributed by atoms with van der Waals surface area (Å²) in [5.74, 6) is -0.511. The fourth-order valence-corrected chi connectivity index (χ4v) is 3.54. The Balaban J connectivity index is 2.41. The number of furan rings is 1. The Hall–Kier alpha value is -1.29. The molecule has 0 aromatic carbocycles. The first-order valence-corrected chi connectivity index (χ1v) is 6.27. The Kier molecular flexibility index (Phi) is 3.01. The van der Waals surface area contributed by atoms with Gasteiger partial charge in [-0.05, 0) is 36.7 Å². The van der Waals surface area contributed by atoms with Gasteiger partial charge in [0.05, 0.1) is 6.26 Å². The van der Waals surface area contributed by atoms with E-state index < -0.39 is 11.6 Å². The molecule has 1 fully saturated rings. The van der Waals surface area contributed by atoms with E-state index in [9.17, 15) is 9.90 Å². The van der Waals surface area contributed by atoms with E-state index in [4.69, 9.17) is 9.52 Å². The molecule has 1 aromatic heterocycles. The highest BCUT2D eigenvalue weighted by Crippen LogP contribution is 2.49. The van der Waals surface area contributed by atoms with Crippen LogP contribution in [0.1, 0.15) is 56.2 Å². The minimum Gasteiger partial charge on any atom is -0.478 e. The first-order valence-electron chi connectivity index (χ1n) is 6.27. The predicted octanol–water partition coefficient (Wildman–Crippen LogP) is 3.01. The number of carbonyl (C=O) groups is 1. The molecule has 1 aliphatic rings. The van der Waals surface area contributed by atoms with Gasteiger partial charge in [0, 0.05) is 0 Å². The Morgan fingerprint density at radius 2 is 2.11 bits per heavy atom. The van der Waals surface area contributed by atoms with Gasteiger partial charge in [-0.3, -0.25) is 0 Å². The van der Waals surface area contributed by atoms with Crippen LogP contribution < -0.4 is 0 Å². The Labute approximate surface area is 107 Å². The third-order valence-electron chi connectivity index (χ3n) is 3.68. The van der Waals surface area contributed by atoms with Crippen LogP contribution in [-0.4, -0.2) is 16.2 Å². The molecule has 0 radical (unpaired) electrons. The molecule has 0 aliphatic heterocycles. The Bertz CT molecular complexity index is 460. The number of aromatic carboxylic acids is 1. The molecule has 1 saturated carbocycles. The minimum atomic E-state index is -1.17. The summed E-state index contributed by atoms with van der Waals surface area (Å²) in [5, 5.41) is 19.9. The standard InChI is InChI=1S/C14H20O4/c1-9-6-13(2,3)8-14(17,7-9)11-10(12(15)16)4-5-18-11/h4-5,9,17H,6-8H2,1-3H3,(H,15,16). The van der Waals surface area contributed by atoms with Gasteiger partial charge in [0.1, 0.15) is 16.9 Å². The molecule has 1 heterocycles. The number of carboxylic acid groups (broad SMARTS) is 1. The lowest BCUT2D eigenvalue weighted by Crippen LogP contribution is -2.40. The predicted molar refractivity (Wildman–Crippen MR) is 66.4 cm³/mol. The van der Waals surface area contributed by atoms with Crippen LogP contribution in [0.4, 0.5) is 0 Å². The van der Waals surface area contributed by atoms with Crippen LogP contribution in [0.5, 0.6) is 0 Å². The summed E-state index contributed by atoms with van der Waals surface area (Å²) in [4.78, 5) is 11.1. The molecule has 0 bridgehead atoms. The average Bonchev–Trinajstić information content (AvgIpc) is 2.61. The Morgan fingerprint density at radius 1 is 1.44 bits per heavy atom. The van der Waals surface area contributed by atoms with Crippen molar-refractivity contribution in [2.75, 3.05) is 0 Å². The van der Waals surface area contributed by atoms with Crippen LogP contribution in [0.25, 0.3) is 0 Å². The maximum Gasteiger partial charge on any atom is 0.339 e. The van der Waals surface area contributed by atoms with Crippen LogP contribution in [0, 0.1) is 11.3 Å². The average molecular weight is 252 g/mol. The van der Waals surface area contributed by atoms with Crippen molar-refractivity contribution in [3.8, 4) is 0 Å². The summed E-state index contributed by atoms with van der Waals surface area (Å²) in [6.07, 6.45) is 3.43. The van der Waals surface area contributed by atoms with Crippen molar-refractivity contribution in [3.63, 3.8) is 0 Å². The zero-order valence-corrected chi connectivity index (χ0v) is 11.1. The van der Waals surface area contributed by atoms with Gasteiger partial charge in [-0.1, -0.05) is 20.8 Å². The molecular formula is C14H20O4. The topological polar surface area (TPSA) is 70.7 Å². The largest absolute Gasteiger partial charge is 0.478 e. The normalized spacial score (nSPS) is 31.2. The molecule has 2 N–H and O–H groups in total. The highest BCUT2D eigenvalue weighted by Gasteiger charge is 2.46. The molecule has 0 spiro atoms. The molecule has 2 rings (SSSR count). The lowest BCUT2D eigenvalue weighted by Gasteiger charge is -2.43. The van der Waals surface area contributed by atoms with E-state index in [2.05, 4.69) is 20.8 Å². The van der Waals surface area contributed by atoms with Crippen molar-refractivity contribution < 1.29 is 19.4 Å². The summed E-state index contributed by atoms with van der Waals surface area (Å²) in [5.41, 5.74) is -1.12. The summed E-state index contributed by atoms with van der Waals surface area (Å²) in [7, 11) is 0. The zero-order chi connectivity index (χ0) is 13.6. The molecule has 18 heavy (non-hydrogen) atoms. The van der Waals surface area contributed by atoms with Crippen molar-refractivity contribution >= 4 is 5.97 Å². The SMILES string of the molecule is CC1CC(C)(C)CC(O)(c2occc2C(=O)O)C1. The molecule has 0 amide bonds. The van der Waals surface area contributed by atoms with E-state index in [1.807, 2.05) is 0 Å². The van der Waals surface area contributed by atoms with E-state index >= 15 is 0 Å². The maximum absolute atomic E-state index is 11.1. The molecule has 4 heteroatoms. The summed E-state index contributed by atoms with van der Waals surface area (Å²) in [6, 6.07) is 1.40. The number of rotatable bonds is 2. The van der Waals surface area contributed by atoms with Gasteiger partial charge in [-0.25, -0.2) is 4.79 Å². The summed E-state index contributed by atoms with van der Waals surface area (Å²) >= 11 is 0. The minimum absolute atomic E-state index is 0.0189. The van der Waals surface area contributed by atoms with E-state index in [0.717, 1.165) is 6.42 Å². The van der Waals surface area contributed by atoms with Gasteiger partial charge < -0.3 is 14.6 Å². The first-order chi connectivity index (χ1) is 8.23. The highest BCUT2D eigenvalue weighted by molar-refractivity contribution is 5.89. The number of hydrogen-bond acceptors (Lipinski definition) is 3.